The van der Waals surface area contributed by atoms with E-state index in [0.29, 0.717) is 19.7 Å². The van der Waals surface area contributed by atoms with Gasteiger partial charge in [0.05, 0.1) is 6.61 Å². The third-order valence-electron chi connectivity index (χ3n) is 7.08. The van der Waals surface area contributed by atoms with E-state index >= 15 is 0 Å². The fourth-order valence-corrected chi connectivity index (χ4v) is 5.06. The van der Waals surface area contributed by atoms with Crippen LogP contribution in [0.2, 0.25) is 0 Å². The minimum absolute atomic E-state index is 0.102. The van der Waals surface area contributed by atoms with Gasteiger partial charge in [-0.2, -0.15) is 0 Å². The van der Waals surface area contributed by atoms with Crippen LogP contribution >= 0.6 is 0 Å². The average molecular weight is 510 g/mol. The van der Waals surface area contributed by atoms with Crippen molar-refractivity contribution < 1.29 is 9.47 Å². The molecule has 1 fully saturated rings. The quantitative estimate of drug-likeness (QED) is 0.343. The highest BCUT2D eigenvalue weighted by Crippen LogP contribution is 2.43. The number of H-pyrrole nitrogens is 1. The molecule has 1 unspecified atom stereocenters. The van der Waals surface area contributed by atoms with Gasteiger partial charge in [0.1, 0.15) is 23.4 Å². The summed E-state index contributed by atoms with van der Waals surface area (Å²) in [7, 11) is 3.98. The Balaban J connectivity index is 1.17. The summed E-state index contributed by atoms with van der Waals surface area (Å²) in [6, 6.07) is 20.2. The van der Waals surface area contributed by atoms with Crippen LogP contribution in [-0.2, 0) is 17.7 Å². The number of rotatable bonds is 6. The van der Waals surface area contributed by atoms with Crippen LogP contribution in [0, 0.1) is 0 Å². The number of nitrogens with zero attached hydrogens (tertiary/aromatic N) is 3. The van der Waals surface area contributed by atoms with Gasteiger partial charge in [-0.1, -0.05) is 24.3 Å². The molecule has 2 aliphatic heterocycles. The summed E-state index contributed by atoms with van der Waals surface area (Å²) in [5, 5.41) is 3.51. The highest BCUT2D eigenvalue weighted by Gasteiger charge is 2.28. The van der Waals surface area contributed by atoms with Crippen LogP contribution in [0.15, 0.2) is 77.9 Å². The van der Waals surface area contributed by atoms with Crippen LogP contribution < -0.4 is 25.4 Å². The third kappa shape index (κ3) is 4.95. The summed E-state index contributed by atoms with van der Waals surface area (Å²) < 4.78 is 12.7. The molecule has 0 spiro atoms. The first-order chi connectivity index (χ1) is 18.5. The number of anilines is 3. The molecular weight excluding hydrogens is 478 g/mol. The lowest BCUT2D eigenvalue weighted by atomic mass is 9.95. The molecule has 0 amide bonds. The topological polar surface area (TPSA) is 82.7 Å². The summed E-state index contributed by atoms with van der Waals surface area (Å²) in [5.41, 5.74) is 6.31. The SMILES string of the molecule is CN(C)c1ccc(CNc2ccc3c(c2)Cc2cccc(C4CN(c5cc[nH]c(=O)c5)CCO4)c2O3)cn1. The number of hydrogen-bond donors (Lipinski definition) is 2. The Morgan fingerprint density at radius 3 is 2.84 bits per heavy atom. The van der Waals surface area contributed by atoms with Gasteiger partial charge < -0.3 is 29.6 Å². The van der Waals surface area contributed by atoms with Gasteiger partial charge in [0.2, 0.25) is 5.56 Å². The normalized spacial score (nSPS) is 16.3. The molecule has 2 aliphatic rings. The van der Waals surface area contributed by atoms with Crippen molar-refractivity contribution in [3.63, 3.8) is 0 Å². The number of pyridine rings is 2. The number of benzene rings is 2. The minimum Gasteiger partial charge on any atom is -0.456 e. The number of aromatic amines is 1. The van der Waals surface area contributed by atoms with Crippen LogP contribution in [0.5, 0.6) is 11.5 Å². The van der Waals surface area contributed by atoms with Crippen molar-refractivity contribution in [2.24, 2.45) is 0 Å². The van der Waals surface area contributed by atoms with Crippen LogP contribution in [0.4, 0.5) is 17.2 Å². The van der Waals surface area contributed by atoms with E-state index in [0.717, 1.165) is 63.9 Å². The molecule has 0 saturated carbocycles. The van der Waals surface area contributed by atoms with Crippen LogP contribution in [0.3, 0.4) is 0 Å². The molecule has 0 aliphatic carbocycles. The molecule has 2 aromatic carbocycles. The van der Waals surface area contributed by atoms with E-state index in [1.165, 1.54) is 0 Å². The van der Waals surface area contributed by atoms with Crippen molar-refractivity contribution >= 4 is 17.2 Å². The molecule has 4 heterocycles. The number of aromatic nitrogens is 2. The van der Waals surface area contributed by atoms with E-state index in [1.807, 2.05) is 43.4 Å². The smallest absolute Gasteiger partial charge is 0.249 e. The van der Waals surface area contributed by atoms with Crippen molar-refractivity contribution in [1.29, 1.82) is 0 Å². The molecule has 0 bridgehead atoms. The summed E-state index contributed by atoms with van der Waals surface area (Å²) in [6.45, 7) is 2.68. The molecule has 38 heavy (non-hydrogen) atoms. The van der Waals surface area contributed by atoms with E-state index < -0.39 is 0 Å². The fraction of sp³-hybridized carbons (Fsp3) is 0.267. The number of morpholine rings is 1. The Hall–Kier alpha value is -4.30. The Kier molecular flexibility index (Phi) is 6.47. The summed E-state index contributed by atoms with van der Waals surface area (Å²) in [5.74, 6) is 2.69. The first-order valence-electron chi connectivity index (χ1n) is 12.9. The summed E-state index contributed by atoms with van der Waals surface area (Å²) >= 11 is 0. The molecular formula is C30H31N5O3. The van der Waals surface area contributed by atoms with Gasteiger partial charge in [0.25, 0.3) is 0 Å². The van der Waals surface area contributed by atoms with E-state index in [9.17, 15) is 4.79 Å². The zero-order chi connectivity index (χ0) is 26.1. The standard InChI is InChI=1S/C30H31N5O3/c1-34(2)28-9-6-20(18-33-28)17-32-23-7-8-26-22(15-23)14-21-4-3-5-25(30(21)38-26)27-19-35(12-13-37-27)24-10-11-31-29(36)16-24/h3-11,15-16,18,27,32H,12-14,17,19H2,1-2H3,(H,31,36). The first kappa shape index (κ1) is 24.1. The van der Waals surface area contributed by atoms with Crippen molar-refractivity contribution in [3.8, 4) is 11.5 Å². The summed E-state index contributed by atoms with van der Waals surface area (Å²) in [4.78, 5) is 23.2. The van der Waals surface area contributed by atoms with Gasteiger partial charge in [0, 0.05) is 81.1 Å². The van der Waals surface area contributed by atoms with E-state index in [-0.39, 0.29) is 11.7 Å². The summed E-state index contributed by atoms with van der Waals surface area (Å²) in [6.07, 6.45) is 4.24. The number of para-hydroxylation sites is 1. The highest BCUT2D eigenvalue weighted by molar-refractivity contribution is 5.59. The lowest BCUT2D eigenvalue weighted by molar-refractivity contribution is 0.0384. The maximum atomic E-state index is 11.8. The van der Waals surface area contributed by atoms with Crippen LogP contribution in [0.1, 0.15) is 28.4 Å². The van der Waals surface area contributed by atoms with Gasteiger partial charge >= 0.3 is 0 Å². The van der Waals surface area contributed by atoms with Crippen LogP contribution in [0.25, 0.3) is 0 Å². The van der Waals surface area contributed by atoms with Crippen molar-refractivity contribution in [2.75, 3.05) is 48.9 Å². The largest absolute Gasteiger partial charge is 0.456 e. The Labute approximate surface area is 221 Å². The van der Waals surface area contributed by atoms with Gasteiger partial charge in [0.15, 0.2) is 0 Å². The molecule has 2 aromatic heterocycles. The zero-order valence-corrected chi connectivity index (χ0v) is 21.6. The molecule has 2 N–H and O–H groups in total. The number of nitrogens with one attached hydrogen (secondary N) is 2. The second kappa shape index (κ2) is 10.2. The van der Waals surface area contributed by atoms with Crippen molar-refractivity contribution in [3.05, 3.63) is 106 Å². The molecule has 8 nitrogen and oxygen atoms in total. The van der Waals surface area contributed by atoms with Gasteiger partial charge in [-0.05, 0) is 41.5 Å². The monoisotopic (exact) mass is 509 g/mol. The van der Waals surface area contributed by atoms with Gasteiger partial charge in [-0.25, -0.2) is 4.98 Å². The van der Waals surface area contributed by atoms with Crippen molar-refractivity contribution in [2.45, 2.75) is 19.1 Å². The Morgan fingerprint density at radius 1 is 1.11 bits per heavy atom. The number of fused-ring (bicyclic) bond motifs is 2. The molecule has 8 heteroatoms. The average Bonchev–Trinajstić information content (AvgIpc) is 2.95. The minimum atomic E-state index is -0.145. The lowest BCUT2D eigenvalue weighted by Gasteiger charge is -2.36. The predicted octanol–water partition coefficient (Wildman–Crippen LogP) is 4.72. The number of ether oxygens (including phenoxy) is 2. The van der Waals surface area contributed by atoms with E-state index in [1.54, 1.807) is 12.3 Å². The van der Waals surface area contributed by atoms with Crippen LogP contribution in [-0.4, -0.2) is 43.8 Å². The predicted molar refractivity (Wildman–Crippen MR) is 150 cm³/mol. The van der Waals surface area contributed by atoms with Gasteiger partial charge in [-0.15, -0.1) is 0 Å². The van der Waals surface area contributed by atoms with Gasteiger partial charge in [-0.3, -0.25) is 4.79 Å². The second-order valence-electron chi connectivity index (χ2n) is 9.93. The molecule has 6 rings (SSSR count). The molecule has 194 valence electrons. The lowest BCUT2D eigenvalue weighted by Crippen LogP contribution is -2.39. The third-order valence-corrected chi connectivity index (χ3v) is 7.08. The molecule has 1 atom stereocenters. The maximum absolute atomic E-state index is 11.8. The Bertz CT molecular complexity index is 1500. The van der Waals surface area contributed by atoms with E-state index in [4.69, 9.17) is 9.47 Å². The van der Waals surface area contributed by atoms with Crippen molar-refractivity contribution in [1.82, 2.24) is 9.97 Å². The maximum Gasteiger partial charge on any atom is 0.249 e. The second-order valence-corrected chi connectivity index (χ2v) is 9.93. The highest BCUT2D eigenvalue weighted by atomic mass is 16.5. The first-order valence-corrected chi connectivity index (χ1v) is 12.9. The fourth-order valence-electron chi connectivity index (χ4n) is 5.06. The molecule has 0 radical (unpaired) electrons. The zero-order valence-electron chi connectivity index (χ0n) is 21.6. The molecule has 4 aromatic rings. The molecule has 1 saturated heterocycles. The van der Waals surface area contributed by atoms with E-state index in [2.05, 4.69) is 56.6 Å². The number of hydrogen-bond acceptors (Lipinski definition) is 7. The Morgan fingerprint density at radius 2 is 2.03 bits per heavy atom.